The molecule has 0 saturated carbocycles. The molecule has 0 aromatic carbocycles. The first kappa shape index (κ1) is 13.3. The molecule has 0 rings (SSSR count). The lowest BCUT2D eigenvalue weighted by Gasteiger charge is -2.07. The lowest BCUT2D eigenvalue weighted by molar-refractivity contribution is 0.584. The highest BCUT2D eigenvalue weighted by molar-refractivity contribution is 8.01. The zero-order valence-corrected chi connectivity index (χ0v) is 10.5. The maximum absolute atomic E-state index is 11.4. The molecule has 0 aromatic rings. The largest absolute Gasteiger partial charge is 0.229 e. The molecule has 0 heterocycles. The van der Waals surface area contributed by atoms with Crippen LogP contribution in [0.1, 0.15) is 27.7 Å². The van der Waals surface area contributed by atoms with Gasteiger partial charge in [-0.15, -0.1) is 0 Å². The second-order valence-electron chi connectivity index (χ2n) is 3.93. The van der Waals surface area contributed by atoms with Crippen molar-refractivity contribution in [3.05, 3.63) is 0 Å². The molecule has 0 aromatic heterocycles. The summed E-state index contributed by atoms with van der Waals surface area (Å²) in [6, 6.07) is 0. The molecule has 13 heavy (non-hydrogen) atoms. The van der Waals surface area contributed by atoms with Crippen LogP contribution >= 0.6 is 11.8 Å². The van der Waals surface area contributed by atoms with Crippen molar-refractivity contribution in [3.8, 4) is 0 Å². The van der Waals surface area contributed by atoms with Gasteiger partial charge in [0.05, 0.1) is 11.5 Å². The Hall–Kier alpha value is 0.300. The number of sulfone groups is 1. The summed E-state index contributed by atoms with van der Waals surface area (Å²) >= 11 is 1.71. The number of thioether (sulfide) groups is 1. The van der Waals surface area contributed by atoms with E-state index in [1.807, 2.05) is 13.8 Å². The molecule has 0 radical (unpaired) electrons. The van der Waals surface area contributed by atoms with Gasteiger partial charge in [0, 0.05) is 5.75 Å². The van der Waals surface area contributed by atoms with Crippen LogP contribution in [0.4, 0.5) is 0 Å². The molecule has 0 aliphatic rings. The second-order valence-corrected chi connectivity index (χ2v) is 7.84. The highest BCUT2D eigenvalue weighted by Gasteiger charge is 2.12. The maximum atomic E-state index is 11.4. The summed E-state index contributed by atoms with van der Waals surface area (Å²) in [6.45, 7) is 8.04. The van der Waals surface area contributed by atoms with E-state index in [4.69, 9.17) is 0 Å². The van der Waals surface area contributed by atoms with Gasteiger partial charge in [0.15, 0.2) is 9.84 Å². The van der Waals surface area contributed by atoms with E-state index in [0.717, 1.165) is 5.75 Å². The molecule has 0 atom stereocenters. The summed E-state index contributed by atoms with van der Waals surface area (Å²) in [5.74, 6) is 1.63. The molecule has 0 saturated heterocycles. The first-order valence-electron chi connectivity index (χ1n) is 4.65. The van der Waals surface area contributed by atoms with Crippen LogP contribution < -0.4 is 0 Å². The third-order valence-electron chi connectivity index (χ3n) is 1.43. The van der Waals surface area contributed by atoms with E-state index in [0.29, 0.717) is 16.8 Å². The molecular formula is C9H20O2S2. The van der Waals surface area contributed by atoms with Gasteiger partial charge in [0.25, 0.3) is 0 Å². The smallest absolute Gasteiger partial charge is 0.151 e. The van der Waals surface area contributed by atoms with Crippen LogP contribution in [0, 0.1) is 5.92 Å². The van der Waals surface area contributed by atoms with Gasteiger partial charge in [-0.25, -0.2) is 8.42 Å². The topological polar surface area (TPSA) is 34.1 Å². The van der Waals surface area contributed by atoms with Crippen LogP contribution in [0.2, 0.25) is 0 Å². The predicted octanol–water partition coefficient (Wildman–Crippen LogP) is 2.20. The summed E-state index contributed by atoms with van der Waals surface area (Å²) in [7, 11) is -2.80. The first-order valence-corrected chi connectivity index (χ1v) is 7.52. The Balaban J connectivity index is 3.77. The minimum absolute atomic E-state index is 0.244. The van der Waals surface area contributed by atoms with Crippen molar-refractivity contribution in [2.45, 2.75) is 32.9 Å². The van der Waals surface area contributed by atoms with Crippen LogP contribution in [0.5, 0.6) is 0 Å². The van der Waals surface area contributed by atoms with Crippen LogP contribution in [0.3, 0.4) is 0 Å². The molecule has 0 N–H and O–H groups in total. The van der Waals surface area contributed by atoms with Crippen molar-refractivity contribution < 1.29 is 8.42 Å². The normalized spacial score (nSPS) is 12.8. The van der Waals surface area contributed by atoms with E-state index < -0.39 is 9.84 Å². The molecule has 0 amide bonds. The van der Waals surface area contributed by atoms with Gasteiger partial charge in [-0.3, -0.25) is 0 Å². The van der Waals surface area contributed by atoms with E-state index >= 15 is 0 Å². The Morgan fingerprint density at radius 1 is 1.15 bits per heavy atom. The SMILES string of the molecule is CC(C)CS(=O)(=O)CCSC(C)C. The lowest BCUT2D eigenvalue weighted by atomic mass is 10.3. The fourth-order valence-corrected chi connectivity index (χ4v) is 4.06. The second kappa shape index (κ2) is 5.91. The van der Waals surface area contributed by atoms with Crippen molar-refractivity contribution >= 4 is 21.6 Å². The monoisotopic (exact) mass is 224 g/mol. The lowest BCUT2D eigenvalue weighted by Crippen LogP contribution is -2.17. The molecular weight excluding hydrogens is 204 g/mol. The molecule has 0 unspecified atom stereocenters. The van der Waals surface area contributed by atoms with E-state index in [1.54, 1.807) is 11.8 Å². The molecule has 4 heteroatoms. The van der Waals surface area contributed by atoms with E-state index in [-0.39, 0.29) is 5.92 Å². The van der Waals surface area contributed by atoms with Crippen molar-refractivity contribution in [1.82, 2.24) is 0 Å². The Morgan fingerprint density at radius 3 is 2.08 bits per heavy atom. The van der Waals surface area contributed by atoms with Gasteiger partial charge < -0.3 is 0 Å². The Morgan fingerprint density at radius 2 is 1.69 bits per heavy atom. The molecule has 0 spiro atoms. The van der Waals surface area contributed by atoms with E-state index in [1.165, 1.54) is 0 Å². The summed E-state index contributed by atoms with van der Waals surface area (Å²) in [5.41, 5.74) is 0. The van der Waals surface area contributed by atoms with E-state index in [2.05, 4.69) is 13.8 Å². The summed E-state index contributed by atoms with van der Waals surface area (Å²) in [5, 5.41) is 0.522. The van der Waals surface area contributed by atoms with Crippen molar-refractivity contribution in [3.63, 3.8) is 0 Å². The maximum Gasteiger partial charge on any atom is 0.151 e. The van der Waals surface area contributed by atoms with Gasteiger partial charge in [0.2, 0.25) is 0 Å². The zero-order chi connectivity index (χ0) is 10.5. The molecule has 0 fully saturated rings. The average Bonchev–Trinajstić information content (AvgIpc) is 1.81. The van der Waals surface area contributed by atoms with Crippen LogP contribution in [-0.2, 0) is 9.84 Å². The molecule has 2 nitrogen and oxygen atoms in total. The van der Waals surface area contributed by atoms with Crippen molar-refractivity contribution in [1.29, 1.82) is 0 Å². The van der Waals surface area contributed by atoms with Gasteiger partial charge in [-0.2, -0.15) is 11.8 Å². The summed E-state index contributed by atoms with van der Waals surface area (Å²) in [6.07, 6.45) is 0. The Labute approximate surface area is 86.4 Å². The molecule has 80 valence electrons. The average molecular weight is 224 g/mol. The third-order valence-corrected chi connectivity index (χ3v) is 4.80. The van der Waals surface area contributed by atoms with E-state index in [9.17, 15) is 8.42 Å². The third kappa shape index (κ3) is 8.63. The molecule has 0 bridgehead atoms. The van der Waals surface area contributed by atoms with Crippen LogP contribution in [0.25, 0.3) is 0 Å². The zero-order valence-electron chi connectivity index (χ0n) is 8.91. The van der Waals surface area contributed by atoms with Crippen LogP contribution in [0.15, 0.2) is 0 Å². The van der Waals surface area contributed by atoms with Crippen molar-refractivity contribution in [2.75, 3.05) is 17.3 Å². The van der Waals surface area contributed by atoms with Gasteiger partial charge in [-0.1, -0.05) is 27.7 Å². The fourth-order valence-electron chi connectivity index (χ4n) is 1.00. The Bertz CT molecular complexity index is 218. The summed E-state index contributed by atoms with van der Waals surface area (Å²) in [4.78, 5) is 0. The first-order chi connectivity index (χ1) is 5.83. The minimum atomic E-state index is -2.80. The molecule has 0 aliphatic carbocycles. The predicted molar refractivity (Wildman–Crippen MR) is 61.1 cm³/mol. The van der Waals surface area contributed by atoms with Gasteiger partial charge in [-0.05, 0) is 11.2 Å². The minimum Gasteiger partial charge on any atom is -0.229 e. The highest BCUT2D eigenvalue weighted by atomic mass is 32.2. The highest BCUT2D eigenvalue weighted by Crippen LogP contribution is 2.10. The van der Waals surface area contributed by atoms with Crippen molar-refractivity contribution in [2.24, 2.45) is 5.92 Å². The van der Waals surface area contributed by atoms with Gasteiger partial charge in [0.1, 0.15) is 0 Å². The molecule has 0 aliphatic heterocycles. The van der Waals surface area contributed by atoms with Crippen LogP contribution in [-0.4, -0.2) is 30.9 Å². The quantitative estimate of drug-likeness (QED) is 0.693. The Kier molecular flexibility index (Phi) is 6.05. The fraction of sp³-hybridized carbons (Fsp3) is 1.00. The van der Waals surface area contributed by atoms with Gasteiger partial charge >= 0.3 is 0 Å². The number of rotatable bonds is 6. The number of hydrogen-bond donors (Lipinski definition) is 0. The number of hydrogen-bond acceptors (Lipinski definition) is 3. The summed E-state index contributed by atoms with van der Waals surface area (Å²) < 4.78 is 22.8. The standard InChI is InChI=1S/C9H20O2S2/c1-8(2)7-13(10,11)6-5-12-9(3)4/h8-9H,5-7H2,1-4H3.